The molecule has 0 radical (unpaired) electrons. The fourth-order valence-electron chi connectivity index (χ4n) is 12.3. The lowest BCUT2D eigenvalue weighted by Gasteiger charge is -2.26. The van der Waals surface area contributed by atoms with Crippen molar-refractivity contribution in [3.8, 4) is 45.6 Å². The topological polar surface area (TPSA) is 92.8 Å². The highest BCUT2D eigenvalue weighted by Gasteiger charge is 2.22. The summed E-state index contributed by atoms with van der Waals surface area (Å²) in [5.41, 5.74) is 16.8. The molecule has 12 aromatic carbocycles. The molecule has 0 amide bonds. The number of para-hydroxylation sites is 2. The molecule has 0 heterocycles. The van der Waals surface area contributed by atoms with Gasteiger partial charge in [0.15, 0.2) is 0 Å². The molecule has 12 heteroatoms. The van der Waals surface area contributed by atoms with E-state index in [9.17, 15) is 0 Å². The Morgan fingerprint density at radius 3 is 1.12 bits per heavy atom. The minimum atomic E-state index is -0.144. The molecule has 0 saturated heterocycles. The fourth-order valence-corrected chi connectivity index (χ4v) is 12.3. The van der Waals surface area contributed by atoms with Gasteiger partial charge in [-0.1, -0.05) is 165 Å². The summed E-state index contributed by atoms with van der Waals surface area (Å²) >= 11 is 0. The maximum Gasteiger partial charge on any atom is 0.129 e. The molecule has 0 aliphatic heterocycles. The Morgan fingerprint density at radius 1 is 0.284 bits per heavy atom. The maximum atomic E-state index is 6.72. The lowest BCUT2D eigenvalue weighted by Crippen LogP contribution is -2.11. The molecule has 0 aromatic heterocycles. The van der Waals surface area contributed by atoms with Crippen molar-refractivity contribution in [2.45, 2.75) is 19.3 Å². The van der Waals surface area contributed by atoms with Gasteiger partial charge in [-0.15, -0.1) is 0 Å². The second-order valence-electron chi connectivity index (χ2n) is 23.7. The van der Waals surface area contributed by atoms with Crippen LogP contribution in [0.2, 0.25) is 0 Å². The van der Waals surface area contributed by atoms with Gasteiger partial charge in [-0.05, 0) is 186 Å². The van der Waals surface area contributed by atoms with Gasteiger partial charge in [-0.2, -0.15) is 0 Å². The Bertz CT molecular complexity index is 4550. The SMILES string of the molecule is C=COCCOc1cccc(N(c2ccccc2)c2ccc(Cc3cccc(N(c4ccccc4)c4ccc(-c5ccc(C(c6ccc(Oc7cccc(N(c8cccc(OCCOC=C)c8)c8cccc(OCCOC=C)c8)c7)cc6)c6cccc(OCCOCC)c6)cc5)cc4)c3)cc2)c1. The van der Waals surface area contributed by atoms with Gasteiger partial charge in [0, 0.05) is 88.0 Å². The van der Waals surface area contributed by atoms with Gasteiger partial charge >= 0.3 is 0 Å². The number of rotatable bonds is 37. The molecule has 512 valence electrons. The zero-order valence-corrected chi connectivity index (χ0v) is 57.4. The predicted octanol–water partition coefficient (Wildman–Crippen LogP) is 22.4. The van der Waals surface area contributed by atoms with Crippen LogP contribution in [0.15, 0.2) is 342 Å². The van der Waals surface area contributed by atoms with Crippen LogP contribution < -0.4 is 38.4 Å². The molecule has 0 aliphatic rings. The Balaban J connectivity index is 0.779. The fraction of sp³-hybridized carbons (Fsp3) is 0.133. The third-order valence-corrected chi connectivity index (χ3v) is 16.9. The van der Waals surface area contributed by atoms with Crippen LogP contribution in [-0.4, -0.2) is 59.5 Å². The van der Waals surface area contributed by atoms with Crippen LogP contribution in [0.5, 0.6) is 34.5 Å². The van der Waals surface area contributed by atoms with Gasteiger partial charge in [0.25, 0.3) is 0 Å². The van der Waals surface area contributed by atoms with Crippen LogP contribution in [0.25, 0.3) is 11.1 Å². The van der Waals surface area contributed by atoms with Crippen LogP contribution >= 0.6 is 0 Å². The van der Waals surface area contributed by atoms with Crippen molar-refractivity contribution < 1.29 is 42.6 Å². The van der Waals surface area contributed by atoms with Crippen molar-refractivity contribution >= 4 is 51.2 Å². The summed E-state index contributed by atoms with van der Waals surface area (Å²) in [6.45, 7) is 16.8. The van der Waals surface area contributed by atoms with E-state index < -0.39 is 0 Å². The van der Waals surface area contributed by atoms with E-state index in [1.54, 1.807) is 0 Å². The molecular formula is C90H83N3O9. The van der Waals surface area contributed by atoms with Crippen LogP contribution in [0.3, 0.4) is 0 Å². The number of hydrogen-bond donors (Lipinski definition) is 0. The number of benzene rings is 12. The third-order valence-electron chi connectivity index (χ3n) is 16.9. The highest BCUT2D eigenvalue weighted by molar-refractivity contribution is 5.81. The minimum absolute atomic E-state index is 0.144. The minimum Gasteiger partial charge on any atom is -0.498 e. The molecule has 0 saturated carbocycles. The van der Waals surface area contributed by atoms with E-state index in [2.05, 4.69) is 235 Å². The van der Waals surface area contributed by atoms with Gasteiger partial charge in [0.1, 0.15) is 80.7 Å². The predicted molar refractivity (Wildman–Crippen MR) is 412 cm³/mol. The second kappa shape index (κ2) is 35.9. The van der Waals surface area contributed by atoms with Crippen LogP contribution in [-0.2, 0) is 25.4 Å². The van der Waals surface area contributed by atoms with Crippen molar-refractivity contribution in [2.24, 2.45) is 0 Å². The molecule has 0 aliphatic carbocycles. The molecule has 12 aromatic rings. The highest BCUT2D eigenvalue weighted by atomic mass is 16.5. The van der Waals surface area contributed by atoms with Crippen molar-refractivity contribution in [3.05, 3.63) is 370 Å². The van der Waals surface area contributed by atoms with E-state index in [-0.39, 0.29) is 5.92 Å². The van der Waals surface area contributed by atoms with Gasteiger partial charge in [-0.25, -0.2) is 0 Å². The summed E-state index contributed by atoms with van der Waals surface area (Å²) in [5.74, 6) is 4.13. The maximum absolute atomic E-state index is 6.72. The Morgan fingerprint density at radius 2 is 0.647 bits per heavy atom. The number of ether oxygens (including phenoxy) is 9. The standard InChI is InChI=1S/C90H83N3O9/c1-5-94-53-57-98-85-32-16-22-74(63-85)90(73-45-51-84(52-46-73)102-89-36-20-31-83(67-89)93(81-29-18-34-87(65-81)100-59-55-96-7-3)82-30-19-35-88(66-82)101-60-56-97-8-4)72-41-39-70(40-42-72)71-43-49-78(50-44-71)91(75-23-11-9-12-24-75)79-27-15-21-69(62-79)61-68-37-47-77(48-38-68)92(76-25-13-10-14-26-76)80-28-17-33-86(64-80)99-58-54-95-6-2/h6-52,62-67,90H,2-5,53-61H2,1H3. The number of anilines is 9. The van der Waals surface area contributed by atoms with Crippen molar-refractivity contribution in [3.63, 3.8) is 0 Å². The molecule has 1 atom stereocenters. The normalized spacial score (nSPS) is 11.1. The molecule has 12 rings (SSSR count). The number of hydrogen-bond acceptors (Lipinski definition) is 12. The zero-order valence-electron chi connectivity index (χ0n) is 57.4. The first-order valence-corrected chi connectivity index (χ1v) is 34.3. The molecule has 12 nitrogen and oxygen atoms in total. The van der Waals surface area contributed by atoms with Crippen LogP contribution in [0.1, 0.15) is 40.7 Å². The average Bonchev–Trinajstić information content (AvgIpc) is 0.812. The smallest absolute Gasteiger partial charge is 0.129 e. The lowest BCUT2D eigenvalue weighted by molar-refractivity contribution is 0.110. The molecule has 1 unspecified atom stereocenters. The summed E-state index contributed by atoms with van der Waals surface area (Å²) in [7, 11) is 0. The van der Waals surface area contributed by atoms with E-state index >= 15 is 0 Å². The average molecular weight is 1350 g/mol. The Kier molecular flexibility index (Phi) is 24.5. The molecule has 102 heavy (non-hydrogen) atoms. The first kappa shape index (κ1) is 69.5. The van der Waals surface area contributed by atoms with Crippen molar-refractivity contribution in [1.29, 1.82) is 0 Å². The number of nitrogens with zero attached hydrogens (tertiary/aromatic N) is 3. The van der Waals surface area contributed by atoms with E-state index in [1.807, 2.05) is 110 Å². The summed E-state index contributed by atoms with van der Waals surface area (Å²) < 4.78 is 52.8. The van der Waals surface area contributed by atoms with Crippen LogP contribution in [0, 0.1) is 0 Å². The van der Waals surface area contributed by atoms with E-state index in [0.717, 1.165) is 96.9 Å². The third kappa shape index (κ3) is 18.7. The lowest BCUT2D eigenvalue weighted by atomic mass is 9.84. The quantitative estimate of drug-likeness (QED) is 0.0211. The first-order chi connectivity index (χ1) is 50.4. The summed E-state index contributed by atoms with van der Waals surface area (Å²) in [5, 5.41) is 0. The molecule has 0 fully saturated rings. The van der Waals surface area contributed by atoms with Gasteiger partial charge in [0.2, 0.25) is 0 Å². The molecule has 0 bridgehead atoms. The van der Waals surface area contributed by atoms with E-state index in [1.165, 1.54) is 29.9 Å². The van der Waals surface area contributed by atoms with Gasteiger partial charge in [0.05, 0.1) is 25.4 Å². The highest BCUT2D eigenvalue weighted by Crippen LogP contribution is 2.43. The monoisotopic (exact) mass is 1350 g/mol. The molecule has 0 N–H and O–H groups in total. The van der Waals surface area contributed by atoms with Crippen molar-refractivity contribution in [1.82, 2.24) is 0 Å². The van der Waals surface area contributed by atoms with E-state index in [4.69, 9.17) is 42.6 Å². The van der Waals surface area contributed by atoms with Gasteiger partial charge < -0.3 is 57.3 Å². The van der Waals surface area contributed by atoms with E-state index in [0.29, 0.717) is 82.5 Å². The van der Waals surface area contributed by atoms with Gasteiger partial charge in [-0.3, -0.25) is 0 Å². The molecule has 0 spiro atoms. The summed E-state index contributed by atoms with van der Waals surface area (Å²) in [6.07, 6.45) is 5.01. The van der Waals surface area contributed by atoms with Crippen molar-refractivity contribution in [2.75, 3.05) is 74.2 Å². The summed E-state index contributed by atoms with van der Waals surface area (Å²) in [6, 6.07) is 105. The first-order valence-electron chi connectivity index (χ1n) is 34.3. The largest absolute Gasteiger partial charge is 0.498 e. The summed E-state index contributed by atoms with van der Waals surface area (Å²) in [4.78, 5) is 6.71. The Hall–Kier alpha value is -12.4. The second-order valence-corrected chi connectivity index (χ2v) is 23.7. The van der Waals surface area contributed by atoms with Crippen LogP contribution in [0.4, 0.5) is 51.2 Å². The zero-order chi connectivity index (χ0) is 69.9. The molecular weight excluding hydrogens is 1270 g/mol. The Labute approximate surface area is 599 Å².